The molecule has 2 aliphatic rings. The van der Waals surface area contributed by atoms with Crippen LogP contribution in [0.4, 0.5) is 5.82 Å². The molecule has 5 aromatic rings. The highest BCUT2D eigenvalue weighted by Gasteiger charge is 2.30. The number of nitrogens with one attached hydrogen (secondary N) is 1. The molecule has 3 N–H and O–H groups in total. The van der Waals surface area contributed by atoms with Crippen LogP contribution in [0.15, 0.2) is 47.3 Å². The Kier molecular flexibility index (Phi) is 8.57. The highest BCUT2D eigenvalue weighted by atomic mass is 32.1. The number of anilines is 1. The van der Waals surface area contributed by atoms with Crippen LogP contribution < -0.4 is 11.1 Å². The highest BCUT2D eigenvalue weighted by Crippen LogP contribution is 2.46. The molecule has 1 aliphatic carbocycles. The van der Waals surface area contributed by atoms with Crippen molar-refractivity contribution in [3.8, 4) is 21.9 Å². The molecule has 0 spiro atoms. The minimum absolute atomic E-state index is 0.134. The zero-order chi connectivity index (χ0) is 31.8. The molecule has 6 heterocycles. The first kappa shape index (κ1) is 30.5. The first-order valence-corrected chi connectivity index (χ1v) is 17.1. The van der Waals surface area contributed by atoms with Crippen molar-refractivity contribution in [1.82, 2.24) is 19.9 Å². The van der Waals surface area contributed by atoms with Gasteiger partial charge in [-0.2, -0.15) is 0 Å². The van der Waals surface area contributed by atoms with E-state index < -0.39 is 5.91 Å². The second kappa shape index (κ2) is 12.9. The summed E-state index contributed by atoms with van der Waals surface area (Å²) in [4.78, 5) is 33.6. The number of carbonyl (C=O) groups excluding carboxylic acids is 1. The number of thiophene rings is 1. The summed E-state index contributed by atoms with van der Waals surface area (Å²) in [5.74, 6) is 2.32. The topological polar surface area (TPSA) is 129 Å². The molecule has 10 heteroatoms. The van der Waals surface area contributed by atoms with E-state index in [9.17, 15) is 4.79 Å². The molecule has 0 radical (unpaired) electrons. The first-order valence-electron chi connectivity index (χ1n) is 16.3. The molecular formula is C36H40N6O3S. The second-order valence-electron chi connectivity index (χ2n) is 12.9. The lowest BCUT2D eigenvalue weighted by Gasteiger charge is -2.23. The minimum Gasteiger partial charge on any atom is -0.441 e. The molecule has 238 valence electrons. The summed E-state index contributed by atoms with van der Waals surface area (Å²) >= 11 is 1.61. The van der Waals surface area contributed by atoms with Gasteiger partial charge in [-0.25, -0.2) is 9.97 Å². The van der Waals surface area contributed by atoms with Crippen LogP contribution in [0.5, 0.6) is 0 Å². The monoisotopic (exact) mass is 636 g/mol. The fraction of sp³-hybridized carbons (Fsp3) is 0.417. The van der Waals surface area contributed by atoms with Gasteiger partial charge >= 0.3 is 0 Å². The van der Waals surface area contributed by atoms with Crippen molar-refractivity contribution < 1.29 is 13.9 Å². The zero-order valence-corrected chi connectivity index (χ0v) is 27.5. The molecule has 0 bridgehead atoms. The molecular weight excluding hydrogens is 597 g/mol. The molecule has 1 amide bonds. The fourth-order valence-corrected chi connectivity index (χ4v) is 8.08. The first-order chi connectivity index (χ1) is 22.4. The summed E-state index contributed by atoms with van der Waals surface area (Å²) in [7, 11) is 0. The zero-order valence-electron chi connectivity index (χ0n) is 26.6. The predicted molar refractivity (Wildman–Crippen MR) is 181 cm³/mol. The summed E-state index contributed by atoms with van der Waals surface area (Å²) in [6, 6.07) is 8.43. The van der Waals surface area contributed by atoms with Gasteiger partial charge in [-0.15, -0.1) is 11.3 Å². The number of aromatic nitrogens is 4. The number of nitrogens with zero attached hydrogens (tertiary/aromatic N) is 4. The molecule has 1 atom stereocenters. The van der Waals surface area contributed by atoms with E-state index in [0.717, 1.165) is 101 Å². The molecule has 1 saturated heterocycles. The van der Waals surface area contributed by atoms with E-state index in [-0.39, 0.29) is 12.0 Å². The van der Waals surface area contributed by atoms with Gasteiger partial charge in [0.15, 0.2) is 0 Å². The summed E-state index contributed by atoms with van der Waals surface area (Å²) in [6.07, 6.45) is 11.7. The lowest BCUT2D eigenvalue weighted by atomic mass is 9.89. The third-order valence-electron chi connectivity index (χ3n) is 9.12. The van der Waals surface area contributed by atoms with Crippen molar-refractivity contribution in [2.45, 2.75) is 71.8 Å². The summed E-state index contributed by atoms with van der Waals surface area (Å²) in [6.45, 7) is 7.75. The van der Waals surface area contributed by atoms with E-state index in [1.807, 2.05) is 31.5 Å². The van der Waals surface area contributed by atoms with Gasteiger partial charge in [-0.05, 0) is 92.9 Å². The molecule has 9 nitrogen and oxygen atoms in total. The summed E-state index contributed by atoms with van der Waals surface area (Å²) in [5, 5.41) is 4.75. The maximum atomic E-state index is 13.4. The van der Waals surface area contributed by atoms with Crippen molar-refractivity contribution in [3.63, 3.8) is 0 Å². The number of primary amides is 1. The number of oxazole rings is 1. The van der Waals surface area contributed by atoms with Gasteiger partial charge in [0.2, 0.25) is 5.89 Å². The Bertz CT molecular complexity index is 1890. The second-order valence-corrected chi connectivity index (χ2v) is 14.0. The van der Waals surface area contributed by atoms with Crippen LogP contribution in [0.2, 0.25) is 0 Å². The van der Waals surface area contributed by atoms with Gasteiger partial charge in [0.1, 0.15) is 11.6 Å². The molecule has 0 saturated carbocycles. The number of fused-ring (bicyclic) bond motifs is 2. The molecule has 1 aliphatic heterocycles. The number of hydrogen-bond donors (Lipinski definition) is 2. The molecule has 7 rings (SSSR count). The van der Waals surface area contributed by atoms with Gasteiger partial charge < -0.3 is 20.2 Å². The number of hydrogen-bond acceptors (Lipinski definition) is 9. The van der Waals surface area contributed by atoms with Gasteiger partial charge in [0, 0.05) is 41.7 Å². The van der Waals surface area contributed by atoms with E-state index in [0.29, 0.717) is 29.6 Å². The van der Waals surface area contributed by atoms with E-state index in [1.54, 1.807) is 17.5 Å². The fourth-order valence-electron chi connectivity index (χ4n) is 6.91. The molecule has 0 aromatic carbocycles. The van der Waals surface area contributed by atoms with Crippen molar-refractivity contribution in [1.29, 1.82) is 0 Å². The number of nitrogens with two attached hydrogens (primary N) is 1. The van der Waals surface area contributed by atoms with Crippen molar-refractivity contribution in [2.24, 2.45) is 17.6 Å². The van der Waals surface area contributed by atoms with Crippen molar-refractivity contribution >= 4 is 33.1 Å². The Morgan fingerprint density at radius 1 is 1.09 bits per heavy atom. The van der Waals surface area contributed by atoms with E-state index in [1.165, 1.54) is 5.56 Å². The highest BCUT2D eigenvalue weighted by molar-refractivity contribution is 7.23. The van der Waals surface area contributed by atoms with Crippen LogP contribution in [0, 0.1) is 18.8 Å². The maximum absolute atomic E-state index is 13.4. The Morgan fingerprint density at radius 2 is 1.93 bits per heavy atom. The SMILES string of the molecule is Cc1cnc(-c2c(CCC3CCOCC3)nc(CC(C)C)c(C(N)=O)c2-c2cc3ccnc(N[C@@H]4CCc5ncccc54)c3s2)o1. The third kappa shape index (κ3) is 6.03. The van der Waals surface area contributed by atoms with Gasteiger partial charge in [0.05, 0.1) is 39.5 Å². The Morgan fingerprint density at radius 3 is 2.70 bits per heavy atom. The van der Waals surface area contributed by atoms with E-state index >= 15 is 0 Å². The van der Waals surface area contributed by atoms with Crippen LogP contribution in [0.1, 0.15) is 84.3 Å². The van der Waals surface area contributed by atoms with Crippen LogP contribution in [-0.2, 0) is 24.0 Å². The van der Waals surface area contributed by atoms with Crippen LogP contribution in [-0.4, -0.2) is 39.1 Å². The maximum Gasteiger partial charge on any atom is 0.251 e. The quantitative estimate of drug-likeness (QED) is 0.162. The number of amides is 1. The largest absolute Gasteiger partial charge is 0.441 e. The molecule has 1 fully saturated rings. The van der Waals surface area contributed by atoms with Crippen molar-refractivity contribution in [2.75, 3.05) is 18.5 Å². The summed E-state index contributed by atoms with van der Waals surface area (Å²) < 4.78 is 12.8. The number of pyridine rings is 3. The Hall–Kier alpha value is -4.15. The van der Waals surface area contributed by atoms with Crippen LogP contribution in [0.3, 0.4) is 0 Å². The smallest absolute Gasteiger partial charge is 0.251 e. The standard InChI is InChI=1S/C36H40N6O3S/c1-20(2)17-28-30(34(37)43)32(31(36-40-19-21(3)45-36)27(41-28)7-6-22-11-15-44-16-12-22)29-18-23-10-14-39-35(33(23)46-29)42-26-9-8-25-24(26)5-4-13-38-25/h4-5,10,13-14,18-20,22,26H,6-9,11-12,15-17H2,1-3H3,(H2,37,43)(H,39,42)/t26-/m1/s1. The van der Waals surface area contributed by atoms with Gasteiger partial charge in [0.25, 0.3) is 5.91 Å². The van der Waals surface area contributed by atoms with Gasteiger partial charge in [-0.3, -0.25) is 14.8 Å². The third-order valence-corrected chi connectivity index (χ3v) is 10.3. The molecule has 46 heavy (non-hydrogen) atoms. The summed E-state index contributed by atoms with van der Waals surface area (Å²) in [5.41, 5.74) is 12.2. The number of carbonyl (C=O) groups is 1. The number of rotatable bonds is 10. The van der Waals surface area contributed by atoms with E-state index in [2.05, 4.69) is 41.3 Å². The average Bonchev–Trinajstić information content (AvgIpc) is 3.78. The predicted octanol–water partition coefficient (Wildman–Crippen LogP) is 7.47. The van der Waals surface area contributed by atoms with Crippen molar-refractivity contribution in [3.05, 3.63) is 76.8 Å². The molecule has 0 unspecified atom stereocenters. The van der Waals surface area contributed by atoms with Crippen LogP contribution in [0.25, 0.3) is 32.0 Å². The Labute approximate surface area is 273 Å². The van der Waals surface area contributed by atoms with Crippen LogP contribution >= 0.6 is 11.3 Å². The lowest BCUT2D eigenvalue weighted by molar-refractivity contribution is 0.0639. The normalized spacial score (nSPS) is 16.7. The lowest BCUT2D eigenvalue weighted by Crippen LogP contribution is -2.20. The Balaban J connectivity index is 1.39. The number of aryl methyl sites for hydroxylation is 3. The minimum atomic E-state index is -0.498. The van der Waals surface area contributed by atoms with Gasteiger partial charge in [-0.1, -0.05) is 19.9 Å². The average molecular weight is 637 g/mol. The van der Waals surface area contributed by atoms with E-state index in [4.69, 9.17) is 24.9 Å². The molecule has 5 aromatic heterocycles. The number of ether oxygens (including phenoxy) is 1.